The molecule has 0 bridgehead atoms. The van der Waals surface area contributed by atoms with Gasteiger partial charge in [-0.2, -0.15) is 13.2 Å². The van der Waals surface area contributed by atoms with Gasteiger partial charge in [-0.1, -0.05) is 6.92 Å². The molecule has 96 valence electrons. The number of aliphatic hydroxyl groups excluding tert-OH is 1. The molecule has 0 radical (unpaired) electrons. The highest BCUT2D eigenvalue weighted by Gasteiger charge is 2.32. The minimum atomic E-state index is -4.56. The van der Waals surface area contributed by atoms with Crippen LogP contribution in [0, 0.1) is 11.7 Å². The number of halogens is 4. The summed E-state index contributed by atoms with van der Waals surface area (Å²) < 4.78 is 50.6. The van der Waals surface area contributed by atoms with Gasteiger partial charge in [0.15, 0.2) is 0 Å². The Morgan fingerprint density at radius 3 is 2.41 bits per heavy atom. The van der Waals surface area contributed by atoms with Crippen LogP contribution in [0.4, 0.5) is 17.6 Å². The van der Waals surface area contributed by atoms with Crippen molar-refractivity contribution in [2.24, 2.45) is 11.7 Å². The van der Waals surface area contributed by atoms with Crippen LogP contribution in [-0.2, 0) is 6.18 Å². The molecule has 6 heteroatoms. The number of hydrogen-bond donors (Lipinski definition) is 2. The van der Waals surface area contributed by atoms with Gasteiger partial charge in [0.25, 0.3) is 0 Å². The maximum Gasteiger partial charge on any atom is 0.416 e. The average molecular weight is 251 g/mol. The van der Waals surface area contributed by atoms with E-state index in [2.05, 4.69) is 0 Å². The van der Waals surface area contributed by atoms with Gasteiger partial charge in [-0.15, -0.1) is 0 Å². The molecule has 1 rings (SSSR count). The summed E-state index contributed by atoms with van der Waals surface area (Å²) in [6.45, 7) is 1.58. The molecule has 0 aliphatic heterocycles. The predicted octanol–water partition coefficient (Wildman–Crippen LogP) is 2.47. The Morgan fingerprint density at radius 2 is 1.94 bits per heavy atom. The highest BCUT2D eigenvalue weighted by Crippen LogP contribution is 2.33. The van der Waals surface area contributed by atoms with Crippen molar-refractivity contribution in [1.82, 2.24) is 0 Å². The third kappa shape index (κ3) is 3.17. The Bertz CT molecular complexity index is 392. The van der Waals surface area contributed by atoms with E-state index >= 15 is 0 Å². The lowest BCUT2D eigenvalue weighted by molar-refractivity contribution is -0.137. The lowest BCUT2D eigenvalue weighted by atomic mass is 9.95. The van der Waals surface area contributed by atoms with Crippen molar-refractivity contribution in [3.05, 3.63) is 35.1 Å². The minimum Gasteiger partial charge on any atom is -0.388 e. The highest BCUT2D eigenvalue weighted by atomic mass is 19.4. The summed E-state index contributed by atoms with van der Waals surface area (Å²) in [5, 5.41) is 9.67. The molecule has 0 aromatic heterocycles. The normalized spacial score (nSPS) is 15.7. The van der Waals surface area contributed by atoms with E-state index in [-0.39, 0.29) is 12.1 Å². The molecule has 2 atom stereocenters. The molecule has 0 spiro atoms. The number of hydrogen-bond acceptors (Lipinski definition) is 2. The first-order chi connectivity index (χ1) is 7.77. The van der Waals surface area contributed by atoms with E-state index in [0.29, 0.717) is 18.2 Å². The van der Waals surface area contributed by atoms with E-state index in [0.717, 1.165) is 0 Å². The molecule has 0 saturated heterocycles. The first kappa shape index (κ1) is 13.9. The van der Waals surface area contributed by atoms with E-state index in [9.17, 15) is 22.7 Å². The van der Waals surface area contributed by atoms with E-state index in [1.807, 2.05) is 0 Å². The summed E-state index contributed by atoms with van der Waals surface area (Å²) >= 11 is 0. The van der Waals surface area contributed by atoms with Gasteiger partial charge in [0.05, 0.1) is 11.7 Å². The number of rotatable bonds is 3. The van der Waals surface area contributed by atoms with Crippen LogP contribution in [0.5, 0.6) is 0 Å². The van der Waals surface area contributed by atoms with Crippen molar-refractivity contribution < 1.29 is 22.7 Å². The second kappa shape index (κ2) is 5.01. The summed E-state index contributed by atoms with van der Waals surface area (Å²) in [6, 6.07) is 1.95. The maximum atomic E-state index is 13.3. The average Bonchev–Trinajstić information content (AvgIpc) is 2.26. The molecule has 17 heavy (non-hydrogen) atoms. The van der Waals surface area contributed by atoms with Gasteiger partial charge in [0.1, 0.15) is 5.82 Å². The first-order valence-corrected chi connectivity index (χ1v) is 5.02. The lowest BCUT2D eigenvalue weighted by Crippen LogP contribution is -2.20. The van der Waals surface area contributed by atoms with Crippen molar-refractivity contribution in [3.8, 4) is 0 Å². The lowest BCUT2D eigenvalue weighted by Gasteiger charge is -2.19. The van der Waals surface area contributed by atoms with Crippen molar-refractivity contribution in [2.75, 3.05) is 6.54 Å². The minimum absolute atomic E-state index is 0.0524. The summed E-state index contributed by atoms with van der Waals surface area (Å²) in [7, 11) is 0. The van der Waals surface area contributed by atoms with Gasteiger partial charge in [-0.3, -0.25) is 0 Å². The zero-order valence-corrected chi connectivity index (χ0v) is 9.13. The molecule has 0 aliphatic carbocycles. The Balaban J connectivity index is 3.15. The fourth-order valence-electron chi connectivity index (χ4n) is 1.38. The smallest absolute Gasteiger partial charge is 0.388 e. The summed E-state index contributed by atoms with van der Waals surface area (Å²) in [5.41, 5.74) is 3.91. The van der Waals surface area contributed by atoms with Gasteiger partial charge in [0.2, 0.25) is 0 Å². The topological polar surface area (TPSA) is 46.2 Å². The largest absolute Gasteiger partial charge is 0.416 e. The Morgan fingerprint density at radius 1 is 1.35 bits per heavy atom. The second-order valence-electron chi connectivity index (χ2n) is 3.89. The fourth-order valence-corrected chi connectivity index (χ4v) is 1.38. The Kier molecular flexibility index (Phi) is 4.11. The maximum absolute atomic E-state index is 13.3. The van der Waals surface area contributed by atoms with Gasteiger partial charge < -0.3 is 10.8 Å². The SMILES string of the molecule is CC(CN)C(O)c1cc(C(F)(F)F)ccc1F. The molecule has 0 fully saturated rings. The summed E-state index contributed by atoms with van der Waals surface area (Å²) in [4.78, 5) is 0. The van der Waals surface area contributed by atoms with Crippen LogP contribution in [0.1, 0.15) is 24.2 Å². The van der Waals surface area contributed by atoms with Crippen molar-refractivity contribution >= 4 is 0 Å². The molecule has 2 nitrogen and oxygen atoms in total. The van der Waals surface area contributed by atoms with Crippen LogP contribution >= 0.6 is 0 Å². The Hall–Kier alpha value is -1.14. The zero-order chi connectivity index (χ0) is 13.2. The molecule has 0 aliphatic rings. The van der Waals surface area contributed by atoms with Crippen LogP contribution in [0.25, 0.3) is 0 Å². The standard InChI is InChI=1S/C11H13F4NO/c1-6(5-16)10(17)8-4-7(11(13,14)15)2-3-9(8)12/h2-4,6,10,17H,5,16H2,1H3. The fraction of sp³-hybridized carbons (Fsp3) is 0.455. The molecule has 0 saturated carbocycles. The monoisotopic (exact) mass is 251 g/mol. The van der Waals surface area contributed by atoms with Gasteiger partial charge in [-0.25, -0.2) is 4.39 Å². The van der Waals surface area contributed by atoms with Gasteiger partial charge in [0, 0.05) is 5.56 Å². The van der Waals surface area contributed by atoms with E-state index < -0.39 is 29.6 Å². The third-order valence-corrected chi connectivity index (χ3v) is 2.55. The van der Waals surface area contributed by atoms with Crippen molar-refractivity contribution in [2.45, 2.75) is 19.2 Å². The van der Waals surface area contributed by atoms with Crippen LogP contribution < -0.4 is 5.73 Å². The van der Waals surface area contributed by atoms with Crippen molar-refractivity contribution in [1.29, 1.82) is 0 Å². The molecule has 1 aromatic carbocycles. The number of aliphatic hydroxyl groups is 1. The predicted molar refractivity (Wildman–Crippen MR) is 54.6 cm³/mol. The highest BCUT2D eigenvalue weighted by molar-refractivity contribution is 5.29. The number of nitrogens with two attached hydrogens (primary N) is 1. The van der Waals surface area contributed by atoms with E-state index in [1.165, 1.54) is 6.92 Å². The molecule has 1 aromatic rings. The quantitative estimate of drug-likeness (QED) is 0.811. The van der Waals surface area contributed by atoms with Crippen molar-refractivity contribution in [3.63, 3.8) is 0 Å². The summed E-state index contributed by atoms with van der Waals surface area (Å²) in [5.74, 6) is -1.39. The molecule has 3 N–H and O–H groups in total. The number of alkyl halides is 3. The van der Waals surface area contributed by atoms with Crippen LogP contribution in [-0.4, -0.2) is 11.7 Å². The molecule has 0 amide bonds. The molecular formula is C11H13F4NO. The number of benzene rings is 1. The summed E-state index contributed by atoms with van der Waals surface area (Å²) in [6.07, 6.45) is -5.91. The Labute approximate surface area is 96.1 Å². The second-order valence-corrected chi connectivity index (χ2v) is 3.89. The molecular weight excluding hydrogens is 238 g/mol. The van der Waals surface area contributed by atoms with E-state index in [4.69, 9.17) is 5.73 Å². The zero-order valence-electron chi connectivity index (χ0n) is 9.13. The van der Waals surface area contributed by atoms with Gasteiger partial charge in [-0.05, 0) is 30.7 Å². The third-order valence-electron chi connectivity index (χ3n) is 2.55. The van der Waals surface area contributed by atoms with Gasteiger partial charge >= 0.3 is 6.18 Å². The molecule has 2 unspecified atom stereocenters. The first-order valence-electron chi connectivity index (χ1n) is 5.02. The van der Waals surface area contributed by atoms with Crippen LogP contribution in [0.2, 0.25) is 0 Å². The van der Waals surface area contributed by atoms with Crippen LogP contribution in [0.15, 0.2) is 18.2 Å². The van der Waals surface area contributed by atoms with Crippen LogP contribution in [0.3, 0.4) is 0 Å². The molecule has 0 heterocycles. The van der Waals surface area contributed by atoms with E-state index in [1.54, 1.807) is 0 Å².